The van der Waals surface area contributed by atoms with Crippen molar-refractivity contribution in [1.82, 2.24) is 34.5 Å². The predicted octanol–water partition coefficient (Wildman–Crippen LogP) is 5.57. The molecule has 10 heteroatoms. The first-order chi connectivity index (χ1) is 16.7. The molecule has 178 valence electrons. The van der Waals surface area contributed by atoms with Crippen molar-refractivity contribution in [1.29, 1.82) is 0 Å². The molecule has 35 heavy (non-hydrogen) atoms. The van der Waals surface area contributed by atoms with Gasteiger partial charge >= 0.3 is 6.18 Å². The first-order valence-electron chi connectivity index (χ1n) is 11.1. The van der Waals surface area contributed by atoms with Crippen LogP contribution in [0.2, 0.25) is 0 Å². The van der Waals surface area contributed by atoms with Gasteiger partial charge in [0, 0.05) is 23.7 Å². The SMILES string of the molecule is Cc1cc(C(F)(F)F)nn1-c1ccc(Cn2ncc3cnc(-c4cccnc4C(C)C)nc32)cc1. The van der Waals surface area contributed by atoms with E-state index in [4.69, 9.17) is 4.98 Å². The second-order valence-corrected chi connectivity index (χ2v) is 8.61. The van der Waals surface area contributed by atoms with E-state index < -0.39 is 11.9 Å². The van der Waals surface area contributed by atoms with E-state index in [1.807, 2.05) is 24.3 Å². The van der Waals surface area contributed by atoms with Crippen LogP contribution in [0.15, 0.2) is 61.1 Å². The van der Waals surface area contributed by atoms with Gasteiger partial charge in [0.15, 0.2) is 17.2 Å². The van der Waals surface area contributed by atoms with Crippen LogP contribution in [0.5, 0.6) is 0 Å². The Kier molecular flexibility index (Phi) is 5.58. The minimum atomic E-state index is -4.48. The van der Waals surface area contributed by atoms with Crippen LogP contribution in [0.25, 0.3) is 28.1 Å². The van der Waals surface area contributed by atoms with E-state index in [0.717, 1.165) is 28.3 Å². The van der Waals surface area contributed by atoms with Crippen LogP contribution in [0, 0.1) is 6.92 Å². The predicted molar refractivity (Wildman–Crippen MR) is 125 cm³/mol. The van der Waals surface area contributed by atoms with Crippen molar-refractivity contribution >= 4 is 11.0 Å². The second-order valence-electron chi connectivity index (χ2n) is 8.61. The Morgan fingerprint density at radius 2 is 1.77 bits per heavy atom. The van der Waals surface area contributed by atoms with Gasteiger partial charge in [0.05, 0.1) is 29.5 Å². The van der Waals surface area contributed by atoms with E-state index in [2.05, 4.69) is 34.0 Å². The van der Waals surface area contributed by atoms with Crippen molar-refractivity contribution in [2.75, 3.05) is 0 Å². The molecule has 0 radical (unpaired) electrons. The third-order valence-corrected chi connectivity index (χ3v) is 5.69. The first-order valence-corrected chi connectivity index (χ1v) is 11.1. The normalized spacial score (nSPS) is 12.1. The van der Waals surface area contributed by atoms with E-state index >= 15 is 0 Å². The summed E-state index contributed by atoms with van der Waals surface area (Å²) in [7, 11) is 0. The number of aromatic nitrogens is 7. The minimum Gasteiger partial charge on any atom is -0.260 e. The molecule has 5 aromatic rings. The highest BCUT2D eigenvalue weighted by molar-refractivity contribution is 5.76. The maximum Gasteiger partial charge on any atom is 0.435 e. The van der Waals surface area contributed by atoms with Gasteiger partial charge in [0.1, 0.15) is 0 Å². The summed E-state index contributed by atoms with van der Waals surface area (Å²) in [4.78, 5) is 13.8. The molecule has 0 aliphatic carbocycles. The Bertz CT molecular complexity index is 1500. The quantitative estimate of drug-likeness (QED) is 0.331. The van der Waals surface area contributed by atoms with Crippen LogP contribution in [0.1, 0.15) is 42.4 Å². The number of benzene rings is 1. The lowest BCUT2D eigenvalue weighted by Crippen LogP contribution is -2.08. The molecule has 0 bridgehead atoms. The second kappa shape index (κ2) is 8.61. The van der Waals surface area contributed by atoms with Crippen LogP contribution < -0.4 is 0 Å². The van der Waals surface area contributed by atoms with Gasteiger partial charge in [-0.3, -0.25) is 4.98 Å². The van der Waals surface area contributed by atoms with Gasteiger partial charge in [-0.2, -0.15) is 23.4 Å². The molecule has 0 atom stereocenters. The van der Waals surface area contributed by atoms with Crippen molar-refractivity contribution in [3.63, 3.8) is 0 Å². The van der Waals surface area contributed by atoms with Crippen molar-refractivity contribution < 1.29 is 13.2 Å². The zero-order valence-electron chi connectivity index (χ0n) is 19.3. The third-order valence-electron chi connectivity index (χ3n) is 5.69. The van der Waals surface area contributed by atoms with Gasteiger partial charge in [0.2, 0.25) is 0 Å². The number of alkyl halides is 3. The molecule has 0 saturated carbocycles. The Labute approximate surface area is 199 Å². The molecule has 5 rings (SSSR count). The van der Waals surface area contributed by atoms with Gasteiger partial charge in [-0.05, 0) is 48.7 Å². The summed E-state index contributed by atoms with van der Waals surface area (Å²) in [5, 5.41) is 8.98. The first kappa shape index (κ1) is 22.7. The highest BCUT2D eigenvalue weighted by Crippen LogP contribution is 2.29. The van der Waals surface area contributed by atoms with Gasteiger partial charge in [0.25, 0.3) is 0 Å². The summed E-state index contributed by atoms with van der Waals surface area (Å²) < 4.78 is 42.1. The van der Waals surface area contributed by atoms with E-state index in [0.29, 0.717) is 29.4 Å². The van der Waals surface area contributed by atoms with Gasteiger partial charge in [-0.25, -0.2) is 19.3 Å². The lowest BCUT2D eigenvalue weighted by molar-refractivity contribution is -0.141. The molecule has 0 N–H and O–H groups in total. The maximum atomic E-state index is 13.0. The number of hydrogen-bond acceptors (Lipinski definition) is 5. The zero-order chi connectivity index (χ0) is 24.7. The Hall–Kier alpha value is -4.08. The summed E-state index contributed by atoms with van der Waals surface area (Å²) in [5.74, 6) is 0.806. The topological polar surface area (TPSA) is 74.3 Å². The summed E-state index contributed by atoms with van der Waals surface area (Å²) in [6, 6.07) is 12.0. The van der Waals surface area contributed by atoms with E-state index in [9.17, 15) is 13.2 Å². The van der Waals surface area contributed by atoms with Crippen LogP contribution in [0.3, 0.4) is 0 Å². The van der Waals surface area contributed by atoms with Crippen molar-refractivity contribution in [2.45, 2.75) is 39.4 Å². The summed E-state index contributed by atoms with van der Waals surface area (Å²) in [5.41, 5.74) is 3.47. The van der Waals surface area contributed by atoms with Crippen LogP contribution in [0.4, 0.5) is 13.2 Å². The number of halogens is 3. The molecule has 0 fully saturated rings. The Balaban J connectivity index is 1.44. The number of aryl methyl sites for hydroxylation is 1. The van der Waals surface area contributed by atoms with Crippen molar-refractivity contribution in [3.05, 3.63) is 83.7 Å². The molecule has 4 aromatic heterocycles. The number of hydrogen-bond donors (Lipinski definition) is 0. The molecule has 0 spiro atoms. The molecular weight excluding hydrogens is 455 g/mol. The average molecular weight is 477 g/mol. The number of pyridine rings is 1. The zero-order valence-corrected chi connectivity index (χ0v) is 19.3. The van der Waals surface area contributed by atoms with Crippen molar-refractivity contribution in [2.24, 2.45) is 0 Å². The lowest BCUT2D eigenvalue weighted by Gasteiger charge is -2.10. The van der Waals surface area contributed by atoms with Crippen LogP contribution in [-0.2, 0) is 12.7 Å². The summed E-state index contributed by atoms with van der Waals surface area (Å²) >= 11 is 0. The molecule has 0 amide bonds. The Morgan fingerprint density at radius 3 is 2.46 bits per heavy atom. The molecule has 0 aliphatic rings. The number of rotatable bonds is 5. The molecule has 0 aliphatic heterocycles. The van der Waals surface area contributed by atoms with E-state index in [1.165, 1.54) is 4.68 Å². The highest BCUT2D eigenvalue weighted by Gasteiger charge is 2.34. The molecule has 4 heterocycles. The molecule has 0 saturated heterocycles. The van der Waals surface area contributed by atoms with Crippen LogP contribution >= 0.6 is 0 Å². The van der Waals surface area contributed by atoms with Gasteiger partial charge < -0.3 is 0 Å². The molecule has 1 aromatic carbocycles. The fourth-order valence-corrected chi connectivity index (χ4v) is 3.97. The molecule has 7 nitrogen and oxygen atoms in total. The fraction of sp³-hybridized carbons (Fsp3) is 0.240. The fourth-order valence-electron chi connectivity index (χ4n) is 3.97. The third kappa shape index (κ3) is 4.39. The average Bonchev–Trinajstić information content (AvgIpc) is 3.43. The lowest BCUT2D eigenvalue weighted by atomic mass is 10.0. The van der Waals surface area contributed by atoms with Crippen LogP contribution in [-0.4, -0.2) is 34.5 Å². The van der Waals surface area contributed by atoms with Gasteiger partial charge in [-0.1, -0.05) is 26.0 Å². The summed E-state index contributed by atoms with van der Waals surface area (Å²) in [6.07, 6.45) is 0.745. The number of nitrogens with zero attached hydrogens (tertiary/aromatic N) is 7. The molecular formula is C25H22F3N7. The molecule has 0 unspecified atom stereocenters. The minimum absolute atomic E-state index is 0.222. The monoisotopic (exact) mass is 477 g/mol. The standard InChI is InChI=1S/C25H22F3N7/c1-15(2)22-20(5-4-10-29-22)23-30-12-18-13-31-34(24(18)32-23)14-17-6-8-19(9-7-17)35-16(3)11-21(33-35)25(26,27)28/h4-13,15H,14H2,1-3H3. The smallest absolute Gasteiger partial charge is 0.260 e. The van der Waals surface area contributed by atoms with Crippen molar-refractivity contribution in [3.8, 4) is 17.1 Å². The summed E-state index contributed by atoms with van der Waals surface area (Å²) in [6.45, 7) is 6.19. The van der Waals surface area contributed by atoms with E-state index in [1.54, 1.807) is 42.3 Å². The Morgan fingerprint density at radius 1 is 1.00 bits per heavy atom. The van der Waals surface area contributed by atoms with E-state index in [-0.39, 0.29) is 5.92 Å². The van der Waals surface area contributed by atoms with Gasteiger partial charge in [-0.15, -0.1) is 0 Å². The largest absolute Gasteiger partial charge is 0.435 e. The number of fused-ring (bicyclic) bond motifs is 1. The highest BCUT2D eigenvalue weighted by atomic mass is 19.4. The maximum absolute atomic E-state index is 13.0.